The SMILES string of the molecule is COc1ccccc1/C=C/CN(CCN1CCN(C(=O)/C=C/c2ccccc2)CC1)C(C)=O. The van der Waals surface area contributed by atoms with Gasteiger partial charge in [0.25, 0.3) is 0 Å². The Morgan fingerprint density at radius 2 is 1.67 bits per heavy atom. The largest absolute Gasteiger partial charge is 0.496 e. The Labute approximate surface area is 196 Å². The monoisotopic (exact) mass is 447 g/mol. The van der Waals surface area contributed by atoms with E-state index in [1.165, 1.54) is 0 Å². The Morgan fingerprint density at radius 3 is 2.36 bits per heavy atom. The van der Waals surface area contributed by atoms with Gasteiger partial charge in [0, 0.05) is 64.4 Å². The zero-order chi connectivity index (χ0) is 23.5. The van der Waals surface area contributed by atoms with E-state index in [4.69, 9.17) is 4.74 Å². The second-order valence-corrected chi connectivity index (χ2v) is 8.02. The van der Waals surface area contributed by atoms with Crippen LogP contribution >= 0.6 is 0 Å². The van der Waals surface area contributed by atoms with Crippen molar-refractivity contribution in [3.8, 4) is 5.75 Å². The highest BCUT2D eigenvalue weighted by atomic mass is 16.5. The summed E-state index contributed by atoms with van der Waals surface area (Å²) in [6.45, 7) is 6.64. The number of nitrogens with zero attached hydrogens (tertiary/aromatic N) is 3. The third kappa shape index (κ3) is 7.61. The summed E-state index contributed by atoms with van der Waals surface area (Å²) in [5.74, 6) is 0.916. The van der Waals surface area contributed by atoms with Crippen LogP contribution in [0.15, 0.2) is 66.7 Å². The van der Waals surface area contributed by atoms with Gasteiger partial charge in [-0.2, -0.15) is 0 Å². The molecule has 2 aromatic carbocycles. The van der Waals surface area contributed by atoms with E-state index < -0.39 is 0 Å². The number of methoxy groups -OCH3 is 1. The summed E-state index contributed by atoms with van der Waals surface area (Å²) in [6, 6.07) is 17.7. The highest BCUT2D eigenvalue weighted by molar-refractivity contribution is 5.91. The fourth-order valence-corrected chi connectivity index (χ4v) is 3.78. The van der Waals surface area contributed by atoms with E-state index in [1.807, 2.05) is 82.6 Å². The minimum atomic E-state index is 0.0466. The minimum absolute atomic E-state index is 0.0466. The fourth-order valence-electron chi connectivity index (χ4n) is 3.78. The second kappa shape index (κ2) is 12.6. The van der Waals surface area contributed by atoms with Crippen LogP contribution in [0.25, 0.3) is 12.2 Å². The third-order valence-electron chi connectivity index (χ3n) is 5.80. The van der Waals surface area contributed by atoms with Crippen LogP contribution in [0.3, 0.4) is 0 Å². The minimum Gasteiger partial charge on any atom is -0.496 e. The Kier molecular flexibility index (Phi) is 9.27. The zero-order valence-corrected chi connectivity index (χ0v) is 19.5. The third-order valence-corrected chi connectivity index (χ3v) is 5.80. The standard InChI is InChI=1S/C27H33N3O3/c1-23(31)29(16-8-12-25-11-6-7-13-26(25)33-2)20-17-28-18-21-30(22-19-28)27(32)15-14-24-9-4-3-5-10-24/h3-15H,16-22H2,1-2H3/b12-8+,15-14+. The highest BCUT2D eigenvalue weighted by Gasteiger charge is 2.20. The number of ether oxygens (including phenoxy) is 1. The van der Waals surface area contributed by atoms with Gasteiger partial charge in [0.15, 0.2) is 0 Å². The van der Waals surface area contributed by atoms with Crippen molar-refractivity contribution >= 4 is 24.0 Å². The molecule has 0 atom stereocenters. The predicted octanol–water partition coefficient (Wildman–Crippen LogP) is 3.41. The molecule has 0 aromatic heterocycles. The van der Waals surface area contributed by atoms with Crippen LogP contribution in [0, 0.1) is 0 Å². The number of hydrogen-bond acceptors (Lipinski definition) is 4. The lowest BCUT2D eigenvalue weighted by atomic mass is 10.2. The molecule has 0 radical (unpaired) electrons. The Bertz CT molecular complexity index is 964. The molecule has 3 rings (SSSR count). The van der Waals surface area contributed by atoms with Crippen LogP contribution < -0.4 is 4.74 Å². The Balaban J connectivity index is 1.43. The Morgan fingerprint density at radius 1 is 0.970 bits per heavy atom. The molecule has 1 aliphatic rings. The normalized spacial score (nSPS) is 14.7. The summed E-state index contributed by atoms with van der Waals surface area (Å²) < 4.78 is 5.37. The van der Waals surface area contributed by atoms with E-state index in [0.29, 0.717) is 26.2 Å². The molecule has 6 nitrogen and oxygen atoms in total. The number of carbonyl (C=O) groups excluding carboxylic acids is 2. The highest BCUT2D eigenvalue weighted by Crippen LogP contribution is 2.18. The summed E-state index contributed by atoms with van der Waals surface area (Å²) >= 11 is 0. The number of piperazine rings is 1. The molecule has 1 heterocycles. The van der Waals surface area contributed by atoms with Crippen molar-refractivity contribution in [1.29, 1.82) is 0 Å². The molecule has 0 saturated carbocycles. The molecule has 0 spiro atoms. The van der Waals surface area contributed by atoms with Crippen LogP contribution in [-0.4, -0.2) is 79.4 Å². The molecule has 6 heteroatoms. The number of hydrogen-bond donors (Lipinski definition) is 0. The van der Waals surface area contributed by atoms with Crippen LogP contribution in [0.5, 0.6) is 5.75 Å². The van der Waals surface area contributed by atoms with Crippen LogP contribution in [-0.2, 0) is 9.59 Å². The van der Waals surface area contributed by atoms with Gasteiger partial charge >= 0.3 is 0 Å². The number of amides is 2. The van der Waals surface area contributed by atoms with Crippen molar-refractivity contribution in [2.24, 2.45) is 0 Å². The van der Waals surface area contributed by atoms with Gasteiger partial charge in [0.05, 0.1) is 7.11 Å². The van der Waals surface area contributed by atoms with Crippen molar-refractivity contribution in [2.45, 2.75) is 6.92 Å². The molecule has 174 valence electrons. The van der Waals surface area contributed by atoms with E-state index in [1.54, 1.807) is 20.1 Å². The fraction of sp³-hybridized carbons (Fsp3) is 0.333. The molecular formula is C27H33N3O3. The number of carbonyl (C=O) groups is 2. The van der Waals surface area contributed by atoms with E-state index in [9.17, 15) is 9.59 Å². The van der Waals surface area contributed by atoms with Crippen molar-refractivity contribution in [1.82, 2.24) is 14.7 Å². The summed E-state index contributed by atoms with van der Waals surface area (Å²) in [6.07, 6.45) is 7.49. The molecule has 0 N–H and O–H groups in total. The summed E-state index contributed by atoms with van der Waals surface area (Å²) in [4.78, 5) is 30.6. The molecule has 2 aromatic rings. The first-order valence-electron chi connectivity index (χ1n) is 11.4. The topological polar surface area (TPSA) is 53.1 Å². The number of para-hydroxylation sites is 1. The van der Waals surface area contributed by atoms with Crippen molar-refractivity contribution in [2.75, 3.05) is 52.9 Å². The molecule has 1 saturated heterocycles. The van der Waals surface area contributed by atoms with Gasteiger partial charge in [0.2, 0.25) is 11.8 Å². The molecule has 2 amide bonds. The van der Waals surface area contributed by atoms with Crippen LogP contribution in [0.1, 0.15) is 18.1 Å². The van der Waals surface area contributed by atoms with Crippen LogP contribution in [0.4, 0.5) is 0 Å². The second-order valence-electron chi connectivity index (χ2n) is 8.02. The van der Waals surface area contributed by atoms with Gasteiger partial charge in [-0.3, -0.25) is 14.5 Å². The Hall–Kier alpha value is -3.38. The maximum Gasteiger partial charge on any atom is 0.246 e. The lowest BCUT2D eigenvalue weighted by Crippen LogP contribution is -2.50. The lowest BCUT2D eigenvalue weighted by molar-refractivity contribution is -0.128. The van der Waals surface area contributed by atoms with Crippen LogP contribution in [0.2, 0.25) is 0 Å². The number of rotatable bonds is 9. The molecule has 1 aliphatic heterocycles. The van der Waals surface area contributed by atoms with E-state index in [0.717, 1.165) is 36.5 Å². The van der Waals surface area contributed by atoms with Gasteiger partial charge in [-0.25, -0.2) is 0 Å². The maximum atomic E-state index is 12.5. The summed E-state index contributed by atoms with van der Waals surface area (Å²) in [5, 5.41) is 0. The van der Waals surface area contributed by atoms with E-state index in [-0.39, 0.29) is 11.8 Å². The molecule has 0 aliphatic carbocycles. The summed E-state index contributed by atoms with van der Waals surface area (Å²) in [7, 11) is 1.65. The van der Waals surface area contributed by atoms with Crippen molar-refractivity contribution in [3.63, 3.8) is 0 Å². The van der Waals surface area contributed by atoms with Gasteiger partial charge in [-0.15, -0.1) is 0 Å². The molecular weight excluding hydrogens is 414 g/mol. The van der Waals surface area contributed by atoms with Gasteiger partial charge in [-0.05, 0) is 17.7 Å². The summed E-state index contributed by atoms with van der Waals surface area (Å²) in [5.41, 5.74) is 2.01. The average Bonchev–Trinajstić information content (AvgIpc) is 2.85. The van der Waals surface area contributed by atoms with Crippen molar-refractivity contribution in [3.05, 3.63) is 77.9 Å². The quantitative estimate of drug-likeness (QED) is 0.553. The first kappa shape index (κ1) is 24.3. The zero-order valence-electron chi connectivity index (χ0n) is 19.5. The lowest BCUT2D eigenvalue weighted by Gasteiger charge is -2.35. The first-order chi connectivity index (χ1) is 16.1. The predicted molar refractivity (Wildman–Crippen MR) is 133 cm³/mol. The van der Waals surface area contributed by atoms with Gasteiger partial charge in [0.1, 0.15) is 5.75 Å². The molecule has 0 bridgehead atoms. The molecule has 1 fully saturated rings. The van der Waals surface area contributed by atoms with Crippen molar-refractivity contribution < 1.29 is 14.3 Å². The smallest absolute Gasteiger partial charge is 0.246 e. The molecule has 33 heavy (non-hydrogen) atoms. The van der Waals surface area contributed by atoms with Gasteiger partial charge < -0.3 is 14.5 Å². The average molecular weight is 448 g/mol. The van der Waals surface area contributed by atoms with Gasteiger partial charge in [-0.1, -0.05) is 60.7 Å². The first-order valence-corrected chi connectivity index (χ1v) is 11.4. The number of benzene rings is 2. The maximum absolute atomic E-state index is 12.5. The van der Waals surface area contributed by atoms with E-state index >= 15 is 0 Å². The molecule has 0 unspecified atom stereocenters. The van der Waals surface area contributed by atoms with E-state index in [2.05, 4.69) is 4.90 Å².